The molecule has 0 saturated heterocycles. The number of hydrogen-bond acceptors (Lipinski definition) is 5. The smallest absolute Gasteiger partial charge is 0.282 e. The van der Waals surface area contributed by atoms with Crippen LogP contribution in [0.2, 0.25) is 0 Å². The summed E-state index contributed by atoms with van der Waals surface area (Å²) in [5.41, 5.74) is 2.13. The summed E-state index contributed by atoms with van der Waals surface area (Å²) in [5.74, 6) is 1.69. The molecule has 0 aliphatic heterocycles. The minimum absolute atomic E-state index is 0.00196. The first-order valence-corrected chi connectivity index (χ1v) is 14.1. The van der Waals surface area contributed by atoms with Crippen molar-refractivity contribution in [2.45, 2.75) is 26.4 Å². The van der Waals surface area contributed by atoms with Crippen LogP contribution in [-0.4, -0.2) is 23.0 Å². The topological polar surface area (TPSA) is 65.7 Å². The van der Waals surface area contributed by atoms with Crippen LogP contribution in [0, 0.1) is 0 Å². The van der Waals surface area contributed by atoms with E-state index < -0.39 is 0 Å². The van der Waals surface area contributed by atoms with Gasteiger partial charge in [0.15, 0.2) is 11.5 Å². The Labute approximate surface area is 242 Å². The molecule has 0 spiro atoms. The van der Waals surface area contributed by atoms with E-state index in [-0.39, 0.29) is 11.5 Å². The lowest BCUT2D eigenvalue weighted by Gasteiger charge is -2.15. The van der Waals surface area contributed by atoms with Crippen molar-refractivity contribution in [1.82, 2.24) is 9.66 Å². The highest BCUT2D eigenvalue weighted by Gasteiger charge is 2.15. The zero-order valence-corrected chi connectivity index (χ0v) is 25.9. The average Bonchev–Trinajstić information content (AvgIpc) is 2.83. The Morgan fingerprint density at radius 1 is 1.00 bits per heavy atom. The van der Waals surface area contributed by atoms with E-state index >= 15 is 0 Å². The second-order valence-corrected chi connectivity index (χ2v) is 11.7. The van der Waals surface area contributed by atoms with E-state index in [2.05, 4.69) is 73.8 Å². The van der Waals surface area contributed by atoms with Crippen LogP contribution >= 0.6 is 63.7 Å². The van der Waals surface area contributed by atoms with Gasteiger partial charge in [-0.25, -0.2) is 4.98 Å². The Kier molecular flexibility index (Phi) is 8.70. The van der Waals surface area contributed by atoms with Gasteiger partial charge in [-0.15, -0.1) is 0 Å². The molecule has 0 bridgehead atoms. The Hall–Kier alpha value is -2.01. The standard InChI is InChI=1S/C26H21Br4N3O3/c1-14(2)25-32-22-7-6-17(27)10-19(22)26(34)33(25)31-12-15-8-21(30)24(23(9-15)35-3)36-13-16-4-5-18(28)11-20(16)29/h4-12,14H,13H2,1-3H3. The molecule has 0 fully saturated rings. The molecule has 4 rings (SSSR count). The summed E-state index contributed by atoms with van der Waals surface area (Å²) in [5, 5.41) is 5.00. The van der Waals surface area contributed by atoms with Crippen LogP contribution in [0.5, 0.6) is 11.5 Å². The predicted octanol–water partition coefficient (Wildman–Crippen LogP) is 8.04. The van der Waals surface area contributed by atoms with E-state index in [4.69, 9.17) is 9.47 Å². The molecule has 0 aliphatic rings. The van der Waals surface area contributed by atoms with Crippen LogP contribution in [-0.2, 0) is 6.61 Å². The number of aromatic nitrogens is 2. The highest BCUT2D eigenvalue weighted by atomic mass is 79.9. The third kappa shape index (κ3) is 5.93. The number of benzene rings is 3. The Morgan fingerprint density at radius 3 is 2.42 bits per heavy atom. The lowest BCUT2D eigenvalue weighted by Crippen LogP contribution is -2.23. The maximum absolute atomic E-state index is 13.3. The molecule has 10 heteroatoms. The molecule has 0 saturated carbocycles. The number of rotatable bonds is 7. The molecule has 0 aliphatic carbocycles. The quantitative estimate of drug-likeness (QED) is 0.180. The van der Waals surface area contributed by atoms with Gasteiger partial charge in [0.1, 0.15) is 12.4 Å². The molecule has 1 aromatic heterocycles. The molecule has 4 aromatic rings. The minimum Gasteiger partial charge on any atom is -0.493 e. The van der Waals surface area contributed by atoms with Crippen molar-refractivity contribution in [1.29, 1.82) is 0 Å². The summed E-state index contributed by atoms with van der Waals surface area (Å²) < 4.78 is 16.5. The molecule has 6 nitrogen and oxygen atoms in total. The molecule has 0 amide bonds. The monoisotopic (exact) mass is 739 g/mol. The van der Waals surface area contributed by atoms with Gasteiger partial charge in [-0.1, -0.05) is 67.7 Å². The van der Waals surface area contributed by atoms with Crippen molar-refractivity contribution < 1.29 is 9.47 Å². The fraction of sp³-hybridized carbons (Fsp3) is 0.192. The van der Waals surface area contributed by atoms with Gasteiger partial charge in [0.05, 0.1) is 28.7 Å². The minimum atomic E-state index is -0.229. The lowest BCUT2D eigenvalue weighted by molar-refractivity contribution is 0.282. The summed E-state index contributed by atoms with van der Waals surface area (Å²) in [4.78, 5) is 18.0. The normalized spacial score (nSPS) is 11.6. The molecule has 3 aromatic carbocycles. The van der Waals surface area contributed by atoms with E-state index in [1.807, 2.05) is 56.3 Å². The first-order chi connectivity index (χ1) is 17.2. The van der Waals surface area contributed by atoms with Gasteiger partial charge in [-0.2, -0.15) is 9.78 Å². The van der Waals surface area contributed by atoms with Gasteiger partial charge < -0.3 is 9.47 Å². The predicted molar refractivity (Wildman–Crippen MR) is 158 cm³/mol. The maximum atomic E-state index is 13.3. The van der Waals surface area contributed by atoms with Crippen LogP contribution < -0.4 is 15.0 Å². The van der Waals surface area contributed by atoms with E-state index in [1.165, 1.54) is 4.68 Å². The lowest BCUT2D eigenvalue weighted by atomic mass is 10.2. The van der Waals surface area contributed by atoms with Crippen molar-refractivity contribution in [3.63, 3.8) is 0 Å². The highest BCUT2D eigenvalue weighted by molar-refractivity contribution is 9.11. The van der Waals surface area contributed by atoms with Gasteiger partial charge in [0.2, 0.25) is 0 Å². The molecule has 0 radical (unpaired) electrons. The van der Waals surface area contributed by atoms with Crippen LogP contribution in [0.4, 0.5) is 0 Å². The average molecular weight is 743 g/mol. The Balaban J connectivity index is 1.68. The van der Waals surface area contributed by atoms with Gasteiger partial charge in [0, 0.05) is 24.9 Å². The van der Waals surface area contributed by atoms with E-state index in [9.17, 15) is 4.79 Å². The fourth-order valence-corrected chi connectivity index (χ4v) is 5.62. The highest BCUT2D eigenvalue weighted by Crippen LogP contribution is 2.37. The number of hydrogen-bond donors (Lipinski definition) is 0. The molecule has 0 atom stereocenters. The molecular weight excluding hydrogens is 722 g/mol. The van der Waals surface area contributed by atoms with Gasteiger partial charge in [-0.05, 0) is 64.0 Å². The number of ether oxygens (including phenoxy) is 2. The van der Waals surface area contributed by atoms with E-state index in [1.54, 1.807) is 19.4 Å². The number of methoxy groups -OCH3 is 1. The fourth-order valence-electron chi connectivity index (χ4n) is 3.52. The maximum Gasteiger partial charge on any atom is 0.282 e. The van der Waals surface area contributed by atoms with Crippen molar-refractivity contribution in [3.05, 3.63) is 93.7 Å². The Bertz CT molecular complexity index is 1530. The van der Waals surface area contributed by atoms with Crippen LogP contribution in [0.25, 0.3) is 10.9 Å². The Morgan fingerprint density at radius 2 is 1.72 bits per heavy atom. The zero-order chi connectivity index (χ0) is 26.0. The molecule has 0 unspecified atom stereocenters. The largest absolute Gasteiger partial charge is 0.493 e. The number of halogens is 4. The summed E-state index contributed by atoms with van der Waals surface area (Å²) in [7, 11) is 1.58. The zero-order valence-electron chi connectivity index (χ0n) is 19.6. The van der Waals surface area contributed by atoms with Gasteiger partial charge in [-0.3, -0.25) is 4.79 Å². The number of fused-ring (bicyclic) bond motifs is 1. The van der Waals surface area contributed by atoms with Crippen molar-refractivity contribution in [3.8, 4) is 11.5 Å². The molecule has 1 heterocycles. The third-order valence-corrected chi connectivity index (χ3v) is 7.62. The van der Waals surface area contributed by atoms with Crippen molar-refractivity contribution in [2.75, 3.05) is 7.11 Å². The van der Waals surface area contributed by atoms with Crippen LogP contribution in [0.3, 0.4) is 0 Å². The summed E-state index contributed by atoms with van der Waals surface area (Å²) >= 11 is 14.0. The summed E-state index contributed by atoms with van der Waals surface area (Å²) in [6.07, 6.45) is 1.61. The SMILES string of the molecule is COc1cc(C=Nn2c(C(C)C)nc3ccc(Br)cc3c2=O)cc(Br)c1OCc1ccc(Br)cc1Br. The molecule has 0 N–H and O–H groups in total. The summed E-state index contributed by atoms with van der Waals surface area (Å²) in [6.45, 7) is 4.31. The van der Waals surface area contributed by atoms with E-state index in [0.29, 0.717) is 39.3 Å². The van der Waals surface area contributed by atoms with Crippen LogP contribution in [0.15, 0.2) is 76.3 Å². The molecular formula is C26H21Br4N3O3. The second-order valence-electron chi connectivity index (χ2n) is 8.21. The molecule has 186 valence electrons. The van der Waals surface area contributed by atoms with Crippen LogP contribution in [0.1, 0.15) is 36.7 Å². The van der Waals surface area contributed by atoms with Crippen molar-refractivity contribution in [2.24, 2.45) is 5.10 Å². The summed E-state index contributed by atoms with van der Waals surface area (Å²) in [6, 6.07) is 15.0. The van der Waals surface area contributed by atoms with E-state index in [0.717, 1.165) is 24.5 Å². The third-order valence-electron chi connectivity index (χ3n) is 5.31. The first kappa shape index (κ1) is 27.0. The van der Waals surface area contributed by atoms with Gasteiger partial charge in [0.25, 0.3) is 5.56 Å². The number of nitrogens with zero attached hydrogens (tertiary/aromatic N) is 3. The first-order valence-electron chi connectivity index (χ1n) is 10.9. The van der Waals surface area contributed by atoms with Gasteiger partial charge >= 0.3 is 0 Å². The second kappa shape index (κ2) is 11.6. The van der Waals surface area contributed by atoms with Crippen molar-refractivity contribution >= 4 is 80.8 Å². The molecule has 36 heavy (non-hydrogen) atoms.